The molecule has 0 bridgehead atoms. The van der Waals surface area contributed by atoms with Gasteiger partial charge in [0.15, 0.2) is 5.96 Å². The van der Waals surface area contributed by atoms with Gasteiger partial charge in [-0.1, -0.05) is 0 Å². The van der Waals surface area contributed by atoms with Crippen LogP contribution in [0, 0.1) is 5.92 Å². The molecule has 1 saturated heterocycles. The second-order valence-electron chi connectivity index (χ2n) is 5.09. The zero-order valence-electron chi connectivity index (χ0n) is 10.5. The van der Waals surface area contributed by atoms with Gasteiger partial charge in [-0.3, -0.25) is 9.79 Å². The normalized spacial score (nSPS) is 25.8. The summed E-state index contributed by atoms with van der Waals surface area (Å²) in [5, 5.41) is 3.44. The number of amides is 1. The molecule has 2 aliphatic rings. The fourth-order valence-corrected chi connectivity index (χ4v) is 2.42. The third-order valence-electron chi connectivity index (χ3n) is 3.43. The Morgan fingerprint density at radius 3 is 2.82 bits per heavy atom. The summed E-state index contributed by atoms with van der Waals surface area (Å²) in [5.74, 6) is 1.18. The molecule has 1 atom stereocenters. The van der Waals surface area contributed by atoms with Crippen molar-refractivity contribution in [2.45, 2.75) is 38.1 Å². The first kappa shape index (κ1) is 12.2. The molecule has 0 radical (unpaired) electrons. The number of carbonyl (C=O) groups excluding carboxylic acids is 1. The van der Waals surface area contributed by atoms with Gasteiger partial charge in [0.2, 0.25) is 5.91 Å². The summed E-state index contributed by atoms with van der Waals surface area (Å²) >= 11 is 0. The lowest BCUT2D eigenvalue weighted by Crippen LogP contribution is -2.47. The molecule has 0 aromatic heterocycles. The number of guanidine groups is 1. The molecule has 1 unspecified atom stereocenters. The van der Waals surface area contributed by atoms with Crippen LogP contribution < -0.4 is 11.1 Å². The van der Waals surface area contributed by atoms with Crippen LogP contribution in [0.15, 0.2) is 4.99 Å². The van der Waals surface area contributed by atoms with E-state index in [1.54, 1.807) is 0 Å². The van der Waals surface area contributed by atoms with Gasteiger partial charge in [0, 0.05) is 32.6 Å². The lowest BCUT2D eigenvalue weighted by molar-refractivity contribution is -0.119. The van der Waals surface area contributed by atoms with E-state index in [1.807, 2.05) is 7.05 Å². The number of hydrogen-bond donors (Lipinski definition) is 2. The number of nitrogens with two attached hydrogens (primary N) is 1. The van der Waals surface area contributed by atoms with E-state index < -0.39 is 0 Å². The molecule has 1 saturated carbocycles. The van der Waals surface area contributed by atoms with Gasteiger partial charge in [-0.05, 0) is 31.6 Å². The van der Waals surface area contributed by atoms with Crippen molar-refractivity contribution >= 4 is 11.9 Å². The summed E-state index contributed by atoms with van der Waals surface area (Å²) in [7, 11) is 1.82. The van der Waals surface area contributed by atoms with Crippen molar-refractivity contribution in [3.63, 3.8) is 0 Å². The monoisotopic (exact) mass is 238 g/mol. The Hall–Kier alpha value is -1.26. The highest BCUT2D eigenvalue weighted by atomic mass is 16.1. The van der Waals surface area contributed by atoms with Crippen molar-refractivity contribution in [3.05, 3.63) is 0 Å². The zero-order valence-corrected chi connectivity index (χ0v) is 10.5. The Morgan fingerprint density at radius 1 is 1.47 bits per heavy atom. The third-order valence-corrected chi connectivity index (χ3v) is 3.43. The third kappa shape index (κ3) is 3.61. The fourth-order valence-electron chi connectivity index (χ4n) is 2.42. The Balaban J connectivity index is 1.88. The maximum absolute atomic E-state index is 11.0. The van der Waals surface area contributed by atoms with E-state index in [-0.39, 0.29) is 5.91 Å². The summed E-state index contributed by atoms with van der Waals surface area (Å²) in [6.45, 7) is 1.93. The minimum absolute atomic E-state index is 0.193. The largest absolute Gasteiger partial charge is 0.370 e. The number of primary amides is 1. The van der Waals surface area contributed by atoms with Crippen LogP contribution in [0.1, 0.15) is 32.1 Å². The van der Waals surface area contributed by atoms with Crippen LogP contribution >= 0.6 is 0 Å². The van der Waals surface area contributed by atoms with E-state index in [4.69, 9.17) is 5.73 Å². The highest BCUT2D eigenvalue weighted by Crippen LogP contribution is 2.22. The Labute approximate surface area is 102 Å². The number of piperidine rings is 1. The molecule has 1 amide bonds. The summed E-state index contributed by atoms with van der Waals surface area (Å²) in [6, 6.07) is 0.616. The molecular formula is C12H22N4O. The first-order chi connectivity index (χ1) is 8.19. The van der Waals surface area contributed by atoms with Gasteiger partial charge in [0.05, 0.1) is 0 Å². The maximum atomic E-state index is 11.0. The first-order valence-electron chi connectivity index (χ1n) is 6.45. The van der Waals surface area contributed by atoms with Crippen molar-refractivity contribution < 1.29 is 4.79 Å². The van der Waals surface area contributed by atoms with Crippen LogP contribution in [0.4, 0.5) is 0 Å². The van der Waals surface area contributed by atoms with E-state index in [0.29, 0.717) is 18.4 Å². The molecular weight excluding hydrogens is 216 g/mol. The standard InChI is InChI=1S/C12H22N4O/c1-14-12(15-10-4-5-10)16-6-2-3-9(8-16)7-11(13)17/h9-10H,2-8H2,1H3,(H2,13,17)(H,14,15). The van der Waals surface area contributed by atoms with E-state index in [0.717, 1.165) is 31.9 Å². The number of nitrogens with one attached hydrogen (secondary N) is 1. The number of hydrogen-bond acceptors (Lipinski definition) is 2. The van der Waals surface area contributed by atoms with Gasteiger partial charge in [0.25, 0.3) is 0 Å². The van der Waals surface area contributed by atoms with E-state index in [1.165, 1.54) is 12.8 Å². The molecule has 0 aromatic carbocycles. The SMILES string of the molecule is CN=C(NC1CC1)N1CCCC(CC(N)=O)C1. The molecule has 17 heavy (non-hydrogen) atoms. The van der Waals surface area contributed by atoms with Crippen LogP contribution in [-0.2, 0) is 4.79 Å². The predicted octanol–water partition coefficient (Wildman–Crippen LogP) is 0.312. The van der Waals surface area contributed by atoms with Crippen molar-refractivity contribution in [1.82, 2.24) is 10.2 Å². The molecule has 1 aliphatic carbocycles. The number of carbonyl (C=O) groups is 1. The number of aliphatic imine (C=N–C) groups is 1. The molecule has 5 heteroatoms. The average Bonchev–Trinajstić information content (AvgIpc) is 3.09. The number of nitrogens with zero attached hydrogens (tertiary/aromatic N) is 2. The Bertz CT molecular complexity index is 312. The van der Waals surface area contributed by atoms with Crippen LogP contribution in [0.25, 0.3) is 0 Å². The summed E-state index contributed by atoms with van der Waals surface area (Å²) in [5.41, 5.74) is 5.26. The lowest BCUT2D eigenvalue weighted by Gasteiger charge is -2.34. The molecule has 2 rings (SSSR count). The maximum Gasteiger partial charge on any atom is 0.217 e. The molecule has 1 heterocycles. The van der Waals surface area contributed by atoms with Gasteiger partial charge >= 0.3 is 0 Å². The van der Waals surface area contributed by atoms with Crippen LogP contribution in [-0.4, -0.2) is 42.9 Å². The van der Waals surface area contributed by atoms with Crippen LogP contribution in [0.3, 0.4) is 0 Å². The van der Waals surface area contributed by atoms with E-state index in [9.17, 15) is 4.79 Å². The number of likely N-dealkylation sites (tertiary alicyclic amines) is 1. The summed E-state index contributed by atoms with van der Waals surface area (Å²) in [4.78, 5) is 17.5. The van der Waals surface area contributed by atoms with E-state index >= 15 is 0 Å². The average molecular weight is 238 g/mol. The number of rotatable bonds is 3. The second-order valence-corrected chi connectivity index (χ2v) is 5.09. The minimum atomic E-state index is -0.193. The van der Waals surface area contributed by atoms with Crippen molar-refractivity contribution in [2.24, 2.45) is 16.6 Å². The van der Waals surface area contributed by atoms with Gasteiger partial charge in [0.1, 0.15) is 0 Å². The molecule has 3 N–H and O–H groups in total. The molecule has 1 aliphatic heterocycles. The van der Waals surface area contributed by atoms with Crippen molar-refractivity contribution in [3.8, 4) is 0 Å². The van der Waals surface area contributed by atoms with Crippen LogP contribution in [0.5, 0.6) is 0 Å². The van der Waals surface area contributed by atoms with Gasteiger partial charge in [-0.25, -0.2) is 0 Å². The molecule has 96 valence electrons. The predicted molar refractivity (Wildman–Crippen MR) is 67.6 cm³/mol. The minimum Gasteiger partial charge on any atom is -0.370 e. The summed E-state index contributed by atoms with van der Waals surface area (Å²) < 4.78 is 0. The van der Waals surface area contributed by atoms with Gasteiger partial charge in [-0.15, -0.1) is 0 Å². The molecule has 0 aromatic rings. The van der Waals surface area contributed by atoms with Gasteiger partial charge in [-0.2, -0.15) is 0 Å². The van der Waals surface area contributed by atoms with Crippen molar-refractivity contribution in [2.75, 3.05) is 20.1 Å². The smallest absolute Gasteiger partial charge is 0.217 e. The van der Waals surface area contributed by atoms with Crippen LogP contribution in [0.2, 0.25) is 0 Å². The fraction of sp³-hybridized carbons (Fsp3) is 0.833. The lowest BCUT2D eigenvalue weighted by atomic mass is 9.95. The zero-order chi connectivity index (χ0) is 12.3. The quantitative estimate of drug-likeness (QED) is 0.549. The Morgan fingerprint density at radius 2 is 2.24 bits per heavy atom. The second kappa shape index (κ2) is 5.38. The Kier molecular flexibility index (Phi) is 3.86. The molecule has 5 nitrogen and oxygen atoms in total. The topological polar surface area (TPSA) is 70.7 Å². The highest BCUT2D eigenvalue weighted by molar-refractivity contribution is 5.80. The highest BCUT2D eigenvalue weighted by Gasteiger charge is 2.27. The van der Waals surface area contributed by atoms with Gasteiger partial charge < -0.3 is 16.0 Å². The summed E-state index contributed by atoms with van der Waals surface area (Å²) in [6.07, 6.45) is 5.20. The van der Waals surface area contributed by atoms with Crippen molar-refractivity contribution in [1.29, 1.82) is 0 Å². The van der Waals surface area contributed by atoms with E-state index in [2.05, 4.69) is 15.2 Å². The molecule has 0 spiro atoms. The first-order valence-corrected chi connectivity index (χ1v) is 6.45. The molecule has 2 fully saturated rings.